The predicted octanol–water partition coefficient (Wildman–Crippen LogP) is 2.30. The monoisotopic (exact) mass is 400 g/mol. The number of piperidine rings is 2. The van der Waals surface area contributed by atoms with Gasteiger partial charge in [-0.2, -0.15) is 0 Å². The highest BCUT2D eigenvalue weighted by atomic mass is 16.6. The van der Waals surface area contributed by atoms with Crippen LogP contribution in [-0.4, -0.2) is 71.7 Å². The first kappa shape index (κ1) is 20.4. The van der Waals surface area contributed by atoms with Gasteiger partial charge in [-0.3, -0.25) is 14.5 Å². The smallest absolute Gasteiger partial charge is 0.312 e. The number of hydrogen-bond donors (Lipinski definition) is 1. The van der Waals surface area contributed by atoms with Crippen LogP contribution in [0.3, 0.4) is 0 Å². The Bertz CT molecular complexity index is 777. The highest BCUT2D eigenvalue weighted by molar-refractivity contribution is 5.94. The summed E-state index contributed by atoms with van der Waals surface area (Å²) in [7, 11) is 0. The molecule has 3 aliphatic rings. The Morgan fingerprint density at radius 1 is 1.14 bits per heavy atom. The summed E-state index contributed by atoms with van der Waals surface area (Å²) in [6.45, 7) is 7.75. The van der Waals surface area contributed by atoms with Crippen LogP contribution in [0.1, 0.15) is 53.6 Å². The molecule has 1 amide bonds. The van der Waals surface area contributed by atoms with E-state index in [1.165, 1.54) is 5.56 Å². The molecule has 1 aromatic rings. The van der Waals surface area contributed by atoms with Gasteiger partial charge >= 0.3 is 5.97 Å². The predicted molar refractivity (Wildman–Crippen MR) is 110 cm³/mol. The quantitative estimate of drug-likeness (QED) is 0.789. The lowest BCUT2D eigenvalue weighted by molar-refractivity contribution is -0.151. The molecule has 1 N–H and O–H groups in total. The van der Waals surface area contributed by atoms with Crippen molar-refractivity contribution in [1.29, 1.82) is 0 Å². The Labute approximate surface area is 172 Å². The minimum atomic E-state index is -0.431. The fraction of sp³-hybridized carbons (Fsp3) is 0.652. The van der Waals surface area contributed by atoms with E-state index < -0.39 is 5.41 Å². The summed E-state index contributed by atoms with van der Waals surface area (Å²) in [4.78, 5) is 29.8. The zero-order valence-corrected chi connectivity index (χ0v) is 17.5. The molecule has 29 heavy (non-hydrogen) atoms. The molecular formula is C23H32N2O4. The van der Waals surface area contributed by atoms with Gasteiger partial charge in [0.25, 0.3) is 5.91 Å². The number of carbonyl (C=O) groups excluding carboxylic acids is 2. The molecule has 1 atom stereocenters. The molecule has 158 valence electrons. The largest absolute Gasteiger partial charge is 0.461 e. The number of carbonyl (C=O) groups is 2. The zero-order chi connectivity index (χ0) is 20.6. The van der Waals surface area contributed by atoms with Crippen molar-refractivity contribution in [2.75, 3.05) is 32.7 Å². The first-order chi connectivity index (χ1) is 13.9. The van der Waals surface area contributed by atoms with Gasteiger partial charge in [0.15, 0.2) is 0 Å². The van der Waals surface area contributed by atoms with E-state index in [4.69, 9.17) is 4.74 Å². The van der Waals surface area contributed by atoms with Crippen LogP contribution in [-0.2, 0) is 9.53 Å². The van der Waals surface area contributed by atoms with Gasteiger partial charge in [0.1, 0.15) is 6.10 Å². The van der Waals surface area contributed by atoms with Gasteiger partial charge in [0, 0.05) is 44.7 Å². The van der Waals surface area contributed by atoms with Crippen molar-refractivity contribution in [2.45, 2.75) is 58.2 Å². The number of aliphatic hydroxyl groups is 1. The van der Waals surface area contributed by atoms with Crippen LogP contribution in [0.15, 0.2) is 18.2 Å². The first-order valence-corrected chi connectivity index (χ1v) is 10.8. The maximum Gasteiger partial charge on any atom is 0.312 e. The minimum Gasteiger partial charge on any atom is -0.461 e. The van der Waals surface area contributed by atoms with Crippen LogP contribution >= 0.6 is 0 Å². The molecular weight excluding hydrogens is 368 g/mol. The SMILES string of the molecule is Cc1ccc(C(=O)N2CCC3(CC2)CC(CN2CCC(O)CC2)OC3=O)cc1C. The lowest BCUT2D eigenvalue weighted by Crippen LogP contribution is -2.45. The van der Waals surface area contributed by atoms with E-state index in [-0.39, 0.29) is 24.1 Å². The average Bonchev–Trinajstić information content (AvgIpc) is 3.00. The second-order valence-corrected chi connectivity index (χ2v) is 9.13. The van der Waals surface area contributed by atoms with Crippen molar-refractivity contribution in [3.05, 3.63) is 34.9 Å². The molecule has 1 unspecified atom stereocenters. The van der Waals surface area contributed by atoms with E-state index in [0.29, 0.717) is 25.9 Å². The Morgan fingerprint density at radius 3 is 2.48 bits per heavy atom. The minimum absolute atomic E-state index is 0.0535. The Kier molecular flexibility index (Phi) is 5.67. The van der Waals surface area contributed by atoms with E-state index >= 15 is 0 Å². The molecule has 0 aliphatic carbocycles. The number of likely N-dealkylation sites (tertiary alicyclic amines) is 2. The summed E-state index contributed by atoms with van der Waals surface area (Å²) in [6.07, 6.45) is 3.43. The Morgan fingerprint density at radius 2 is 1.83 bits per heavy atom. The lowest BCUT2D eigenvalue weighted by atomic mass is 9.76. The van der Waals surface area contributed by atoms with Gasteiger partial charge in [0.05, 0.1) is 11.5 Å². The third kappa shape index (κ3) is 4.19. The van der Waals surface area contributed by atoms with E-state index in [1.807, 2.05) is 36.9 Å². The van der Waals surface area contributed by atoms with Crippen LogP contribution in [0.25, 0.3) is 0 Å². The van der Waals surface area contributed by atoms with Crippen molar-refractivity contribution in [3.63, 3.8) is 0 Å². The van der Waals surface area contributed by atoms with Crippen LogP contribution in [0.5, 0.6) is 0 Å². The van der Waals surface area contributed by atoms with Crippen LogP contribution in [0.2, 0.25) is 0 Å². The van der Waals surface area contributed by atoms with Crippen molar-refractivity contribution in [1.82, 2.24) is 9.80 Å². The number of hydrogen-bond acceptors (Lipinski definition) is 5. The number of esters is 1. The van der Waals surface area contributed by atoms with Crippen LogP contribution in [0.4, 0.5) is 0 Å². The number of nitrogens with zero attached hydrogens (tertiary/aromatic N) is 2. The molecule has 1 aromatic carbocycles. The molecule has 0 radical (unpaired) electrons. The molecule has 0 bridgehead atoms. The van der Waals surface area contributed by atoms with E-state index in [9.17, 15) is 14.7 Å². The standard InChI is InChI=1S/C23H32N2O4/c1-16-3-4-18(13-17(16)2)21(27)25-11-7-23(8-12-25)14-20(29-22(23)28)15-24-9-5-19(26)6-10-24/h3-4,13,19-20,26H,5-12,14-15H2,1-2H3. The molecule has 3 fully saturated rings. The summed E-state index contributed by atoms with van der Waals surface area (Å²) >= 11 is 0. The number of aryl methyl sites for hydroxylation is 2. The van der Waals surface area contributed by atoms with Gasteiger partial charge in [-0.05, 0) is 62.8 Å². The molecule has 0 saturated carbocycles. The highest BCUT2D eigenvalue weighted by Crippen LogP contribution is 2.43. The average molecular weight is 401 g/mol. The maximum atomic E-state index is 12.9. The summed E-state index contributed by atoms with van der Waals surface area (Å²) in [5.74, 6) is -0.0319. The van der Waals surface area contributed by atoms with Gasteiger partial charge in [-0.1, -0.05) is 6.07 Å². The zero-order valence-electron chi connectivity index (χ0n) is 17.5. The molecule has 3 aliphatic heterocycles. The summed E-state index contributed by atoms with van der Waals surface area (Å²) in [5, 5.41) is 9.67. The Hall–Kier alpha value is -1.92. The number of cyclic esters (lactones) is 1. The van der Waals surface area contributed by atoms with Crippen molar-refractivity contribution >= 4 is 11.9 Å². The second kappa shape index (κ2) is 8.07. The third-order valence-corrected chi connectivity index (χ3v) is 7.11. The highest BCUT2D eigenvalue weighted by Gasteiger charge is 2.51. The third-order valence-electron chi connectivity index (χ3n) is 7.11. The van der Waals surface area contributed by atoms with Crippen molar-refractivity contribution in [2.24, 2.45) is 5.41 Å². The maximum absolute atomic E-state index is 12.9. The molecule has 1 spiro atoms. The van der Waals surface area contributed by atoms with Crippen LogP contribution < -0.4 is 0 Å². The number of rotatable bonds is 3. The molecule has 4 rings (SSSR count). The van der Waals surface area contributed by atoms with Gasteiger partial charge in [0.2, 0.25) is 0 Å². The summed E-state index contributed by atoms with van der Waals surface area (Å²) < 4.78 is 5.75. The lowest BCUT2D eigenvalue weighted by Gasteiger charge is -2.37. The molecule has 0 aromatic heterocycles. The van der Waals surface area contributed by atoms with E-state index in [2.05, 4.69) is 4.90 Å². The second-order valence-electron chi connectivity index (χ2n) is 9.13. The summed E-state index contributed by atoms with van der Waals surface area (Å²) in [6, 6.07) is 5.84. The van der Waals surface area contributed by atoms with Crippen LogP contribution in [0, 0.1) is 19.3 Å². The number of benzene rings is 1. The normalized spacial score (nSPS) is 25.4. The topological polar surface area (TPSA) is 70.1 Å². The first-order valence-electron chi connectivity index (χ1n) is 10.8. The number of aliphatic hydroxyl groups excluding tert-OH is 1. The van der Waals surface area contributed by atoms with Crippen molar-refractivity contribution < 1.29 is 19.4 Å². The van der Waals surface area contributed by atoms with Gasteiger partial charge in [-0.15, -0.1) is 0 Å². The molecule has 6 heteroatoms. The van der Waals surface area contributed by atoms with Gasteiger partial charge in [-0.25, -0.2) is 0 Å². The molecule has 6 nitrogen and oxygen atoms in total. The number of ether oxygens (including phenoxy) is 1. The summed E-state index contributed by atoms with van der Waals surface area (Å²) in [5.41, 5.74) is 2.60. The fourth-order valence-electron chi connectivity index (χ4n) is 4.93. The van der Waals surface area contributed by atoms with E-state index in [1.54, 1.807) is 0 Å². The Balaban J connectivity index is 1.33. The molecule has 3 heterocycles. The van der Waals surface area contributed by atoms with E-state index in [0.717, 1.165) is 50.0 Å². The number of amides is 1. The molecule has 3 saturated heterocycles. The van der Waals surface area contributed by atoms with Gasteiger partial charge < -0.3 is 14.7 Å². The fourth-order valence-corrected chi connectivity index (χ4v) is 4.93. The van der Waals surface area contributed by atoms with Crippen molar-refractivity contribution in [3.8, 4) is 0 Å².